The Morgan fingerprint density at radius 3 is 2.67 bits per heavy atom. The average Bonchev–Trinajstić information content (AvgIpc) is 2.44. The molecule has 0 radical (unpaired) electrons. The summed E-state index contributed by atoms with van der Waals surface area (Å²) in [6.45, 7) is 4.03. The Morgan fingerprint density at radius 1 is 1.29 bits per heavy atom. The topological polar surface area (TPSA) is 29.1 Å². The Balaban J connectivity index is 2.20. The highest BCUT2D eigenvalue weighted by molar-refractivity contribution is 9.10. The van der Waals surface area contributed by atoms with Crippen molar-refractivity contribution in [2.75, 3.05) is 0 Å². The summed E-state index contributed by atoms with van der Waals surface area (Å²) in [5, 5.41) is 3.74. The molecule has 0 aliphatic carbocycles. The van der Waals surface area contributed by atoms with E-state index in [1.54, 1.807) is 0 Å². The van der Waals surface area contributed by atoms with Crippen LogP contribution in [0.2, 0.25) is 5.02 Å². The third-order valence-corrected chi connectivity index (χ3v) is 4.23. The number of aryl methyl sites for hydroxylation is 1. The Morgan fingerprint density at radius 2 is 2.05 bits per heavy atom. The molecule has 0 fully saturated rings. The molecular weight excluding hydrogens is 350 g/mol. The summed E-state index contributed by atoms with van der Waals surface area (Å²) in [5.74, 6) is -0.0892. The van der Waals surface area contributed by atoms with Gasteiger partial charge in [-0.15, -0.1) is 0 Å². The summed E-state index contributed by atoms with van der Waals surface area (Å²) in [5.41, 5.74) is 2.77. The van der Waals surface area contributed by atoms with Crippen LogP contribution in [0.25, 0.3) is 0 Å². The van der Waals surface area contributed by atoms with Crippen LogP contribution in [0.5, 0.6) is 0 Å². The Kier molecular flexibility index (Phi) is 5.43. The minimum Gasteiger partial charge on any atom is -0.345 e. The zero-order valence-corrected chi connectivity index (χ0v) is 14.3. The first-order valence-electron chi connectivity index (χ1n) is 6.83. The molecule has 0 bridgehead atoms. The molecule has 0 heterocycles. The normalized spacial score (nSPS) is 12.0. The maximum absolute atomic E-state index is 12.4. The van der Waals surface area contributed by atoms with Crippen LogP contribution >= 0.6 is 27.5 Å². The van der Waals surface area contributed by atoms with Gasteiger partial charge in [0.15, 0.2) is 0 Å². The first-order valence-corrected chi connectivity index (χ1v) is 8.01. The van der Waals surface area contributed by atoms with Crippen molar-refractivity contribution in [2.45, 2.75) is 26.3 Å². The van der Waals surface area contributed by atoms with Gasteiger partial charge in [0.1, 0.15) is 0 Å². The van der Waals surface area contributed by atoms with Crippen LogP contribution in [0, 0.1) is 6.92 Å². The highest BCUT2D eigenvalue weighted by Crippen LogP contribution is 2.23. The van der Waals surface area contributed by atoms with E-state index in [-0.39, 0.29) is 11.9 Å². The van der Waals surface area contributed by atoms with Crippen LogP contribution in [-0.2, 0) is 0 Å². The fraction of sp³-hybridized carbons (Fsp3) is 0.235. The molecule has 2 aromatic rings. The van der Waals surface area contributed by atoms with Crippen molar-refractivity contribution >= 4 is 33.4 Å². The summed E-state index contributed by atoms with van der Waals surface area (Å²) < 4.78 is 0.806. The molecule has 0 spiro atoms. The Labute approximate surface area is 138 Å². The van der Waals surface area contributed by atoms with Crippen molar-refractivity contribution < 1.29 is 4.79 Å². The lowest BCUT2D eigenvalue weighted by molar-refractivity contribution is 0.0935. The second kappa shape index (κ2) is 7.10. The lowest BCUT2D eigenvalue weighted by atomic mass is 10.0. The molecule has 0 aliphatic rings. The molecule has 2 nitrogen and oxygen atoms in total. The second-order valence-corrected chi connectivity index (χ2v) is 6.26. The lowest BCUT2D eigenvalue weighted by Gasteiger charge is -2.18. The van der Waals surface area contributed by atoms with Crippen LogP contribution in [0.1, 0.15) is 40.9 Å². The van der Waals surface area contributed by atoms with Gasteiger partial charge in [-0.05, 0) is 64.7 Å². The highest BCUT2D eigenvalue weighted by atomic mass is 79.9. The molecule has 1 N–H and O–H groups in total. The van der Waals surface area contributed by atoms with E-state index in [0.29, 0.717) is 10.6 Å². The van der Waals surface area contributed by atoms with Crippen molar-refractivity contribution in [1.29, 1.82) is 0 Å². The molecule has 2 aromatic carbocycles. The minimum absolute atomic E-state index is 0.0515. The van der Waals surface area contributed by atoms with E-state index in [0.717, 1.165) is 22.0 Å². The number of amides is 1. The van der Waals surface area contributed by atoms with Gasteiger partial charge in [-0.1, -0.05) is 36.7 Å². The molecule has 110 valence electrons. The minimum atomic E-state index is -0.0892. The third-order valence-electron chi connectivity index (χ3n) is 3.33. The molecule has 2 rings (SSSR count). The van der Waals surface area contributed by atoms with E-state index in [1.165, 1.54) is 0 Å². The van der Waals surface area contributed by atoms with E-state index < -0.39 is 0 Å². The Hall–Kier alpha value is -1.32. The lowest BCUT2D eigenvalue weighted by Crippen LogP contribution is -2.28. The number of rotatable bonds is 4. The van der Waals surface area contributed by atoms with Crippen LogP contribution in [-0.4, -0.2) is 5.91 Å². The zero-order chi connectivity index (χ0) is 15.4. The van der Waals surface area contributed by atoms with Gasteiger partial charge in [-0.3, -0.25) is 4.79 Å². The third kappa shape index (κ3) is 4.08. The van der Waals surface area contributed by atoms with Gasteiger partial charge in [0, 0.05) is 9.50 Å². The van der Waals surface area contributed by atoms with Gasteiger partial charge in [-0.2, -0.15) is 0 Å². The summed E-state index contributed by atoms with van der Waals surface area (Å²) >= 11 is 9.47. The molecule has 4 heteroatoms. The number of carbonyl (C=O) groups is 1. The molecule has 1 amide bonds. The number of hydrogen-bond acceptors (Lipinski definition) is 1. The van der Waals surface area contributed by atoms with Crippen LogP contribution in [0.4, 0.5) is 0 Å². The summed E-state index contributed by atoms with van der Waals surface area (Å²) in [4.78, 5) is 12.4. The van der Waals surface area contributed by atoms with E-state index in [2.05, 4.69) is 21.2 Å². The van der Waals surface area contributed by atoms with Crippen LogP contribution in [0.15, 0.2) is 46.9 Å². The molecule has 0 saturated heterocycles. The fourth-order valence-corrected chi connectivity index (χ4v) is 3.06. The van der Waals surface area contributed by atoms with Gasteiger partial charge < -0.3 is 5.32 Å². The largest absolute Gasteiger partial charge is 0.345 e. The molecule has 0 aliphatic heterocycles. The van der Waals surface area contributed by atoms with Crippen LogP contribution in [0.3, 0.4) is 0 Å². The van der Waals surface area contributed by atoms with E-state index in [9.17, 15) is 4.79 Å². The van der Waals surface area contributed by atoms with Crippen molar-refractivity contribution in [3.8, 4) is 0 Å². The van der Waals surface area contributed by atoms with Gasteiger partial charge >= 0.3 is 0 Å². The van der Waals surface area contributed by atoms with E-state index >= 15 is 0 Å². The van der Waals surface area contributed by atoms with Gasteiger partial charge in [-0.25, -0.2) is 0 Å². The van der Waals surface area contributed by atoms with Gasteiger partial charge in [0.2, 0.25) is 0 Å². The van der Waals surface area contributed by atoms with Crippen molar-refractivity contribution in [2.24, 2.45) is 0 Å². The standard InChI is InChI=1S/C17H17BrClNO/c1-3-16(12-5-4-6-13(19)10-12)20-17(21)14-8-7-11(2)9-15(14)18/h4-10,16H,3H2,1-2H3,(H,20,21). The van der Waals surface area contributed by atoms with E-state index in [4.69, 9.17) is 11.6 Å². The van der Waals surface area contributed by atoms with Gasteiger partial charge in [0.05, 0.1) is 11.6 Å². The summed E-state index contributed by atoms with van der Waals surface area (Å²) in [6.07, 6.45) is 0.801. The van der Waals surface area contributed by atoms with Crippen molar-refractivity contribution in [1.82, 2.24) is 5.32 Å². The molecular formula is C17H17BrClNO. The quantitative estimate of drug-likeness (QED) is 0.782. The summed E-state index contributed by atoms with van der Waals surface area (Å²) in [6, 6.07) is 13.2. The second-order valence-electron chi connectivity index (χ2n) is 4.97. The number of benzene rings is 2. The Bertz CT molecular complexity index is 657. The molecule has 0 aromatic heterocycles. The first-order chi connectivity index (χ1) is 10.0. The number of hydrogen-bond donors (Lipinski definition) is 1. The predicted octanol–water partition coefficient (Wildman–Crippen LogP) is 5.29. The fourth-order valence-electron chi connectivity index (χ4n) is 2.18. The van der Waals surface area contributed by atoms with Crippen molar-refractivity contribution in [3.63, 3.8) is 0 Å². The number of nitrogens with one attached hydrogen (secondary N) is 1. The highest BCUT2D eigenvalue weighted by Gasteiger charge is 2.16. The number of carbonyl (C=O) groups excluding carboxylic acids is 1. The monoisotopic (exact) mass is 365 g/mol. The smallest absolute Gasteiger partial charge is 0.252 e. The maximum Gasteiger partial charge on any atom is 0.252 e. The molecule has 21 heavy (non-hydrogen) atoms. The molecule has 1 unspecified atom stereocenters. The maximum atomic E-state index is 12.4. The SMILES string of the molecule is CCC(NC(=O)c1ccc(C)cc1Br)c1cccc(Cl)c1. The van der Waals surface area contributed by atoms with Crippen LogP contribution < -0.4 is 5.32 Å². The average molecular weight is 367 g/mol. The first kappa shape index (κ1) is 16.1. The zero-order valence-electron chi connectivity index (χ0n) is 12.0. The molecule has 0 saturated carbocycles. The predicted molar refractivity (Wildman–Crippen MR) is 90.8 cm³/mol. The molecule has 1 atom stereocenters. The van der Waals surface area contributed by atoms with E-state index in [1.807, 2.05) is 56.3 Å². The summed E-state index contributed by atoms with van der Waals surface area (Å²) in [7, 11) is 0. The van der Waals surface area contributed by atoms with Gasteiger partial charge in [0.25, 0.3) is 5.91 Å². The van der Waals surface area contributed by atoms with Crippen molar-refractivity contribution in [3.05, 3.63) is 68.7 Å². The number of halogens is 2.